The van der Waals surface area contributed by atoms with Gasteiger partial charge in [0.2, 0.25) is 0 Å². The highest BCUT2D eigenvalue weighted by molar-refractivity contribution is 9.10. The van der Waals surface area contributed by atoms with Crippen LogP contribution < -0.4 is 10.1 Å². The Bertz CT molecular complexity index is 1130. The normalized spacial score (nSPS) is 11.3. The van der Waals surface area contributed by atoms with Crippen molar-refractivity contribution < 1.29 is 18.3 Å². The smallest absolute Gasteiger partial charge is 0.271 e. The molecule has 0 unspecified atom stereocenters. The van der Waals surface area contributed by atoms with E-state index < -0.39 is 15.9 Å². The summed E-state index contributed by atoms with van der Waals surface area (Å²) in [4.78, 5) is 12.3. The van der Waals surface area contributed by atoms with Crippen molar-refractivity contribution in [2.24, 2.45) is 5.10 Å². The van der Waals surface area contributed by atoms with E-state index in [1.165, 1.54) is 54.7 Å². The Morgan fingerprint density at radius 1 is 0.931 bits per heavy atom. The van der Waals surface area contributed by atoms with E-state index in [-0.39, 0.29) is 10.6 Å². The van der Waals surface area contributed by atoms with Crippen molar-refractivity contribution in [1.82, 2.24) is 5.43 Å². The minimum absolute atomic E-state index is 0.131. The molecule has 1 amide bonds. The van der Waals surface area contributed by atoms with Gasteiger partial charge >= 0.3 is 0 Å². The molecule has 0 fully saturated rings. The van der Waals surface area contributed by atoms with E-state index in [4.69, 9.17) is 0 Å². The molecule has 0 heterocycles. The van der Waals surface area contributed by atoms with Crippen LogP contribution in [-0.4, -0.2) is 25.6 Å². The number of rotatable bonds is 6. The maximum absolute atomic E-state index is 12.4. The lowest BCUT2D eigenvalue weighted by atomic mass is 10.2. The lowest BCUT2D eigenvalue weighted by Crippen LogP contribution is -2.18. The molecule has 3 N–H and O–H groups in total. The molecule has 0 aliphatic heterocycles. The number of carbonyl (C=O) groups is 1. The summed E-state index contributed by atoms with van der Waals surface area (Å²) in [6.07, 6.45) is 1.44. The average molecular weight is 474 g/mol. The predicted molar refractivity (Wildman–Crippen MR) is 115 cm³/mol. The lowest BCUT2D eigenvalue weighted by Gasteiger charge is -2.09. The molecule has 0 radical (unpaired) electrons. The molecule has 0 aliphatic carbocycles. The first-order chi connectivity index (χ1) is 13.8. The van der Waals surface area contributed by atoms with Gasteiger partial charge in [-0.2, -0.15) is 5.10 Å². The van der Waals surface area contributed by atoms with E-state index in [2.05, 4.69) is 31.2 Å². The average Bonchev–Trinajstić information content (AvgIpc) is 2.70. The van der Waals surface area contributed by atoms with Gasteiger partial charge in [-0.1, -0.05) is 15.9 Å². The Morgan fingerprint density at radius 2 is 1.55 bits per heavy atom. The maximum atomic E-state index is 12.4. The number of amides is 1. The number of anilines is 1. The molecular weight excluding hydrogens is 458 g/mol. The van der Waals surface area contributed by atoms with E-state index in [1.54, 1.807) is 24.3 Å². The molecule has 0 spiro atoms. The van der Waals surface area contributed by atoms with Crippen molar-refractivity contribution in [1.29, 1.82) is 0 Å². The fourth-order valence-corrected chi connectivity index (χ4v) is 3.63. The molecule has 29 heavy (non-hydrogen) atoms. The zero-order valence-corrected chi connectivity index (χ0v) is 17.3. The molecule has 3 aromatic carbocycles. The van der Waals surface area contributed by atoms with Crippen molar-refractivity contribution in [3.8, 4) is 5.75 Å². The van der Waals surface area contributed by atoms with E-state index in [9.17, 15) is 18.3 Å². The minimum Gasteiger partial charge on any atom is -0.508 e. The number of benzene rings is 3. The third-order valence-corrected chi connectivity index (χ3v) is 5.72. The zero-order chi connectivity index (χ0) is 20.9. The first-order valence-electron chi connectivity index (χ1n) is 8.34. The molecule has 3 rings (SSSR count). The number of halogens is 1. The predicted octanol–water partition coefficient (Wildman–Crippen LogP) is 3.72. The molecule has 3 aromatic rings. The van der Waals surface area contributed by atoms with Crippen LogP contribution in [0.25, 0.3) is 0 Å². The van der Waals surface area contributed by atoms with Gasteiger partial charge in [-0.25, -0.2) is 13.8 Å². The maximum Gasteiger partial charge on any atom is 0.271 e. The summed E-state index contributed by atoms with van der Waals surface area (Å²) < 4.78 is 28.0. The summed E-state index contributed by atoms with van der Waals surface area (Å²) >= 11 is 3.26. The number of hydrazone groups is 1. The Hall–Kier alpha value is -3.17. The van der Waals surface area contributed by atoms with Gasteiger partial charge in [-0.05, 0) is 78.4 Å². The molecule has 0 bridgehead atoms. The van der Waals surface area contributed by atoms with Crippen molar-refractivity contribution in [3.05, 3.63) is 88.4 Å². The van der Waals surface area contributed by atoms with Crippen molar-refractivity contribution in [2.45, 2.75) is 4.90 Å². The summed E-state index contributed by atoms with van der Waals surface area (Å²) in [5.74, 6) is -0.302. The number of nitrogens with zero attached hydrogens (tertiary/aromatic N) is 1. The first kappa shape index (κ1) is 20.6. The van der Waals surface area contributed by atoms with Gasteiger partial charge in [0.05, 0.1) is 11.1 Å². The summed E-state index contributed by atoms with van der Waals surface area (Å²) in [6.45, 7) is 0. The number of sulfonamides is 1. The van der Waals surface area contributed by atoms with Crippen LogP contribution in [0.5, 0.6) is 5.75 Å². The molecule has 0 atom stereocenters. The molecule has 148 valence electrons. The summed E-state index contributed by atoms with van der Waals surface area (Å²) in [5.41, 5.74) is 3.74. The quantitative estimate of drug-likeness (QED) is 0.374. The van der Waals surface area contributed by atoms with Gasteiger partial charge in [-0.3, -0.25) is 9.52 Å². The van der Waals surface area contributed by atoms with E-state index in [0.717, 1.165) is 4.47 Å². The lowest BCUT2D eigenvalue weighted by molar-refractivity contribution is 0.0955. The van der Waals surface area contributed by atoms with Gasteiger partial charge in [0.1, 0.15) is 5.75 Å². The second kappa shape index (κ2) is 8.89. The number of nitrogens with one attached hydrogen (secondary N) is 2. The largest absolute Gasteiger partial charge is 0.508 e. The fraction of sp³-hybridized carbons (Fsp3) is 0. The highest BCUT2D eigenvalue weighted by atomic mass is 79.9. The third kappa shape index (κ3) is 5.66. The van der Waals surface area contributed by atoms with Gasteiger partial charge in [0.25, 0.3) is 15.9 Å². The second-order valence-corrected chi connectivity index (χ2v) is 8.53. The number of phenolic OH excluding ortho intramolecular Hbond substituents is 1. The summed E-state index contributed by atoms with van der Waals surface area (Å²) in [7, 11) is -3.72. The summed E-state index contributed by atoms with van der Waals surface area (Å²) in [5, 5.41) is 13.1. The summed E-state index contributed by atoms with van der Waals surface area (Å²) in [6, 6.07) is 18.5. The molecular formula is C20H16BrN3O4S. The number of aromatic hydroxyl groups is 1. The third-order valence-electron chi connectivity index (χ3n) is 3.80. The van der Waals surface area contributed by atoms with Crippen LogP contribution in [0.15, 0.2) is 87.3 Å². The Balaban J connectivity index is 1.62. The van der Waals surface area contributed by atoms with Crippen molar-refractivity contribution in [3.63, 3.8) is 0 Å². The molecule has 7 nitrogen and oxygen atoms in total. The fourth-order valence-electron chi connectivity index (χ4n) is 2.31. The Morgan fingerprint density at radius 3 is 2.17 bits per heavy atom. The first-order valence-corrected chi connectivity index (χ1v) is 10.6. The number of carbonyl (C=O) groups excluding carboxylic acids is 1. The van der Waals surface area contributed by atoms with Gasteiger partial charge < -0.3 is 5.11 Å². The van der Waals surface area contributed by atoms with E-state index in [1.807, 2.05) is 0 Å². The second-order valence-electron chi connectivity index (χ2n) is 5.93. The van der Waals surface area contributed by atoms with Crippen LogP contribution in [0.3, 0.4) is 0 Å². The number of phenols is 1. The van der Waals surface area contributed by atoms with Gasteiger partial charge in [0, 0.05) is 15.7 Å². The van der Waals surface area contributed by atoms with E-state index >= 15 is 0 Å². The standard InChI is InChI=1S/C20H16BrN3O4S/c21-16-5-11-19(12-6-16)29(27,28)24-17-7-3-15(4-8-17)20(26)23-22-13-14-1-9-18(25)10-2-14/h1-13,24-25H,(H,23,26)/b22-13+. The van der Waals surface area contributed by atoms with Gasteiger partial charge in [0.15, 0.2) is 0 Å². The topological polar surface area (TPSA) is 108 Å². The molecule has 0 saturated carbocycles. The molecule has 9 heteroatoms. The Labute approximate surface area is 176 Å². The Kier molecular flexibility index (Phi) is 6.30. The van der Waals surface area contributed by atoms with Crippen molar-refractivity contribution in [2.75, 3.05) is 4.72 Å². The van der Waals surface area contributed by atoms with Crippen molar-refractivity contribution >= 4 is 43.8 Å². The highest BCUT2D eigenvalue weighted by Crippen LogP contribution is 2.19. The number of hydrogen-bond donors (Lipinski definition) is 3. The van der Waals surface area contributed by atoms with Crippen LogP contribution >= 0.6 is 15.9 Å². The minimum atomic E-state index is -3.72. The zero-order valence-electron chi connectivity index (χ0n) is 14.9. The SMILES string of the molecule is O=C(N/N=C/c1ccc(O)cc1)c1ccc(NS(=O)(=O)c2ccc(Br)cc2)cc1. The van der Waals surface area contributed by atoms with Crippen LogP contribution in [-0.2, 0) is 10.0 Å². The van der Waals surface area contributed by atoms with Crippen LogP contribution in [0.2, 0.25) is 0 Å². The van der Waals surface area contributed by atoms with Crippen LogP contribution in [0.4, 0.5) is 5.69 Å². The molecule has 0 aliphatic rings. The molecule has 0 aromatic heterocycles. The monoisotopic (exact) mass is 473 g/mol. The highest BCUT2D eigenvalue weighted by Gasteiger charge is 2.14. The van der Waals surface area contributed by atoms with E-state index in [0.29, 0.717) is 16.8 Å². The van der Waals surface area contributed by atoms with Crippen LogP contribution in [0, 0.1) is 0 Å². The van der Waals surface area contributed by atoms with Crippen LogP contribution in [0.1, 0.15) is 15.9 Å². The van der Waals surface area contributed by atoms with Gasteiger partial charge in [-0.15, -0.1) is 0 Å². The molecule has 0 saturated heterocycles. The number of hydrogen-bond acceptors (Lipinski definition) is 5.